The fraction of sp³-hybridized carbons (Fsp3) is 0.538. The maximum Gasteiger partial charge on any atom is 0.144 e. The molecular formula is C13H17BrClF2N. The van der Waals surface area contributed by atoms with Crippen LogP contribution in [-0.4, -0.2) is 11.4 Å². The molecule has 0 atom stereocenters. The third kappa shape index (κ3) is 3.43. The second kappa shape index (κ2) is 6.83. The van der Waals surface area contributed by atoms with Crippen molar-refractivity contribution >= 4 is 27.5 Å². The van der Waals surface area contributed by atoms with Gasteiger partial charge in [-0.3, -0.25) is 0 Å². The molecule has 0 spiro atoms. The van der Waals surface area contributed by atoms with Gasteiger partial charge in [0.2, 0.25) is 0 Å². The first-order valence-electron chi connectivity index (χ1n) is 5.93. The molecule has 0 heterocycles. The molecule has 1 aromatic carbocycles. The van der Waals surface area contributed by atoms with E-state index in [1.54, 1.807) is 0 Å². The van der Waals surface area contributed by atoms with Crippen molar-refractivity contribution in [3.8, 4) is 0 Å². The largest absolute Gasteiger partial charge is 0.306 e. The van der Waals surface area contributed by atoms with Crippen molar-refractivity contribution in [3.63, 3.8) is 0 Å². The van der Waals surface area contributed by atoms with Crippen LogP contribution in [0.2, 0.25) is 0 Å². The third-order valence-corrected chi connectivity index (χ3v) is 4.51. The van der Waals surface area contributed by atoms with Gasteiger partial charge in [0.15, 0.2) is 0 Å². The minimum Gasteiger partial charge on any atom is -0.306 e. The molecule has 0 aliphatic carbocycles. The first-order chi connectivity index (χ1) is 8.49. The van der Waals surface area contributed by atoms with E-state index in [4.69, 9.17) is 11.6 Å². The molecule has 0 aliphatic heterocycles. The van der Waals surface area contributed by atoms with Crippen molar-refractivity contribution in [2.75, 3.05) is 5.88 Å². The van der Waals surface area contributed by atoms with Crippen LogP contribution in [-0.2, 0) is 6.54 Å². The zero-order valence-corrected chi connectivity index (χ0v) is 12.8. The van der Waals surface area contributed by atoms with Crippen molar-refractivity contribution in [1.29, 1.82) is 0 Å². The van der Waals surface area contributed by atoms with Gasteiger partial charge in [-0.15, -0.1) is 11.6 Å². The predicted octanol–water partition coefficient (Wildman–Crippen LogP) is 4.61. The number of halogens is 4. The Hall–Kier alpha value is -0.190. The molecule has 1 N–H and O–H groups in total. The van der Waals surface area contributed by atoms with Crippen molar-refractivity contribution < 1.29 is 8.78 Å². The maximum atomic E-state index is 13.8. The summed E-state index contributed by atoms with van der Waals surface area (Å²) in [6.45, 7) is 4.14. The Morgan fingerprint density at radius 1 is 1.28 bits per heavy atom. The number of nitrogens with one attached hydrogen (secondary N) is 1. The molecule has 0 bridgehead atoms. The van der Waals surface area contributed by atoms with Gasteiger partial charge in [0.1, 0.15) is 11.6 Å². The molecular weight excluding hydrogens is 324 g/mol. The molecule has 18 heavy (non-hydrogen) atoms. The van der Waals surface area contributed by atoms with Gasteiger partial charge in [0.05, 0.1) is 4.47 Å². The van der Waals surface area contributed by atoms with Crippen molar-refractivity contribution in [2.45, 2.75) is 38.8 Å². The SMILES string of the molecule is CCC(CC)(CCl)NCc1c(F)ccc(Br)c1F. The Morgan fingerprint density at radius 3 is 2.39 bits per heavy atom. The molecule has 1 aromatic rings. The van der Waals surface area contributed by atoms with Crippen molar-refractivity contribution in [1.82, 2.24) is 5.32 Å². The summed E-state index contributed by atoms with van der Waals surface area (Å²) in [6, 6.07) is 2.62. The number of alkyl halides is 1. The summed E-state index contributed by atoms with van der Waals surface area (Å²) < 4.78 is 27.6. The zero-order valence-electron chi connectivity index (χ0n) is 10.5. The Kier molecular flexibility index (Phi) is 6.02. The predicted molar refractivity (Wildman–Crippen MR) is 74.9 cm³/mol. The molecule has 0 aromatic heterocycles. The fourth-order valence-electron chi connectivity index (χ4n) is 1.74. The quantitative estimate of drug-likeness (QED) is 0.589. The fourth-order valence-corrected chi connectivity index (χ4v) is 2.59. The van der Waals surface area contributed by atoms with Crippen LogP contribution in [0, 0.1) is 11.6 Å². The van der Waals surface area contributed by atoms with Crippen LogP contribution in [0.25, 0.3) is 0 Å². The van der Waals surface area contributed by atoms with Crippen LogP contribution >= 0.6 is 27.5 Å². The minimum absolute atomic E-state index is 0.0424. The molecule has 0 saturated carbocycles. The van der Waals surface area contributed by atoms with Gasteiger partial charge in [0.25, 0.3) is 0 Å². The average molecular weight is 341 g/mol. The Bertz CT molecular complexity index is 400. The number of hydrogen-bond donors (Lipinski definition) is 1. The Balaban J connectivity index is 2.89. The monoisotopic (exact) mass is 339 g/mol. The van der Waals surface area contributed by atoms with Gasteiger partial charge in [-0.2, -0.15) is 0 Å². The summed E-state index contributed by atoms with van der Waals surface area (Å²) in [5.74, 6) is -0.686. The molecule has 0 aliphatic rings. The Labute approximate surface area is 120 Å². The van der Waals surface area contributed by atoms with Gasteiger partial charge in [-0.05, 0) is 40.9 Å². The van der Waals surface area contributed by atoms with Gasteiger partial charge in [-0.25, -0.2) is 8.78 Å². The van der Waals surface area contributed by atoms with Gasteiger partial charge in [-0.1, -0.05) is 13.8 Å². The number of hydrogen-bond acceptors (Lipinski definition) is 1. The second-order valence-corrected chi connectivity index (χ2v) is 5.42. The summed E-state index contributed by atoms with van der Waals surface area (Å²) >= 11 is 9.00. The van der Waals surface area contributed by atoms with Crippen LogP contribution < -0.4 is 5.32 Å². The number of benzene rings is 1. The highest BCUT2D eigenvalue weighted by atomic mass is 79.9. The molecule has 5 heteroatoms. The van der Waals surface area contributed by atoms with E-state index >= 15 is 0 Å². The summed E-state index contributed by atoms with van der Waals surface area (Å²) in [5.41, 5.74) is -0.233. The zero-order chi connectivity index (χ0) is 13.8. The summed E-state index contributed by atoms with van der Waals surface area (Å²) in [4.78, 5) is 0. The smallest absolute Gasteiger partial charge is 0.144 e. The van der Waals surface area contributed by atoms with Gasteiger partial charge >= 0.3 is 0 Å². The van der Waals surface area contributed by atoms with E-state index in [-0.39, 0.29) is 22.1 Å². The lowest BCUT2D eigenvalue weighted by molar-refractivity contribution is 0.328. The molecule has 0 amide bonds. The van der Waals surface area contributed by atoms with Crippen LogP contribution in [0.5, 0.6) is 0 Å². The topological polar surface area (TPSA) is 12.0 Å². The van der Waals surface area contributed by atoms with Crippen molar-refractivity contribution in [2.24, 2.45) is 0 Å². The van der Waals surface area contributed by atoms with E-state index in [0.717, 1.165) is 12.8 Å². The average Bonchev–Trinajstić information content (AvgIpc) is 2.39. The molecule has 0 radical (unpaired) electrons. The van der Waals surface area contributed by atoms with Crippen LogP contribution in [0.1, 0.15) is 32.3 Å². The molecule has 1 rings (SSSR count). The van der Waals surface area contributed by atoms with Gasteiger partial charge < -0.3 is 5.32 Å². The molecule has 102 valence electrons. The minimum atomic E-state index is -0.557. The maximum absolute atomic E-state index is 13.8. The first kappa shape index (κ1) is 15.9. The van der Waals surface area contributed by atoms with Crippen LogP contribution in [0.3, 0.4) is 0 Å². The number of rotatable bonds is 6. The van der Waals surface area contributed by atoms with Crippen LogP contribution in [0.4, 0.5) is 8.78 Å². The molecule has 0 fully saturated rings. The van der Waals surface area contributed by atoms with Gasteiger partial charge in [0, 0.05) is 23.5 Å². The lowest BCUT2D eigenvalue weighted by atomic mass is 9.95. The van der Waals surface area contributed by atoms with E-state index in [1.807, 2.05) is 13.8 Å². The highest BCUT2D eigenvalue weighted by Crippen LogP contribution is 2.23. The van der Waals surface area contributed by atoms with E-state index in [0.29, 0.717) is 5.88 Å². The second-order valence-electron chi connectivity index (χ2n) is 4.30. The lowest BCUT2D eigenvalue weighted by Gasteiger charge is -2.31. The highest BCUT2D eigenvalue weighted by Gasteiger charge is 2.25. The molecule has 0 saturated heterocycles. The summed E-state index contributed by atoms with van der Waals surface area (Å²) in [7, 11) is 0. The van der Waals surface area contributed by atoms with E-state index in [2.05, 4.69) is 21.2 Å². The van der Waals surface area contributed by atoms with E-state index in [1.165, 1.54) is 12.1 Å². The highest BCUT2D eigenvalue weighted by molar-refractivity contribution is 9.10. The standard InChI is InChI=1S/C13H17BrClF2N/c1-3-13(4-2,8-15)18-7-9-11(16)6-5-10(14)12(9)17/h5-6,18H,3-4,7-8H2,1-2H3. The normalized spacial score (nSPS) is 11.9. The third-order valence-electron chi connectivity index (χ3n) is 3.39. The van der Waals surface area contributed by atoms with E-state index < -0.39 is 11.6 Å². The molecule has 0 unspecified atom stereocenters. The Morgan fingerprint density at radius 2 is 1.89 bits per heavy atom. The molecule has 1 nitrogen and oxygen atoms in total. The summed E-state index contributed by atoms with van der Waals surface area (Å²) in [6.07, 6.45) is 1.62. The van der Waals surface area contributed by atoms with E-state index in [9.17, 15) is 8.78 Å². The lowest BCUT2D eigenvalue weighted by Crippen LogP contribution is -2.45. The van der Waals surface area contributed by atoms with Crippen LogP contribution in [0.15, 0.2) is 16.6 Å². The first-order valence-corrected chi connectivity index (χ1v) is 7.25. The van der Waals surface area contributed by atoms with Crippen molar-refractivity contribution in [3.05, 3.63) is 33.8 Å². The summed E-state index contributed by atoms with van der Waals surface area (Å²) in [5, 5.41) is 3.17.